The number of carbonyl (C=O) groups is 1. The normalized spacial score (nSPS) is 18.9. The van der Waals surface area contributed by atoms with E-state index in [2.05, 4.69) is 29.0 Å². The van der Waals surface area contributed by atoms with E-state index in [-0.39, 0.29) is 40.9 Å². The van der Waals surface area contributed by atoms with Crippen LogP contribution in [-0.4, -0.2) is 54.0 Å². The number of piperidine rings is 1. The Labute approximate surface area is 221 Å². The lowest BCUT2D eigenvalue weighted by atomic mass is 9.80. The predicted octanol–water partition coefficient (Wildman–Crippen LogP) is 3.54. The topological polar surface area (TPSA) is 135 Å². The van der Waals surface area contributed by atoms with Crippen molar-refractivity contribution in [3.05, 3.63) is 63.4 Å². The average Bonchev–Trinajstić information content (AvgIpc) is 3.42. The number of methoxy groups -OCH3 is 1. The fraction of sp³-hybridized carbons (Fsp3) is 0.481. The third-order valence-electron chi connectivity index (χ3n) is 7.80. The summed E-state index contributed by atoms with van der Waals surface area (Å²) in [5.41, 5.74) is 2.28. The van der Waals surface area contributed by atoms with Crippen molar-refractivity contribution in [1.29, 1.82) is 0 Å². The van der Waals surface area contributed by atoms with Crippen molar-refractivity contribution in [3.8, 4) is 11.4 Å². The van der Waals surface area contributed by atoms with E-state index in [4.69, 9.17) is 9.26 Å². The Morgan fingerprint density at radius 2 is 1.92 bits per heavy atom. The highest BCUT2D eigenvalue weighted by molar-refractivity contribution is 7.89. The average molecular weight is 541 g/mol. The lowest BCUT2D eigenvalue weighted by molar-refractivity contribution is 0.0596. The van der Waals surface area contributed by atoms with Gasteiger partial charge in [-0.3, -0.25) is 4.79 Å². The van der Waals surface area contributed by atoms with Gasteiger partial charge in [0.1, 0.15) is 0 Å². The van der Waals surface area contributed by atoms with E-state index in [9.17, 15) is 18.0 Å². The number of pyridine rings is 1. The number of hydrogen-bond acceptors (Lipinski definition) is 8. The molecule has 1 fully saturated rings. The zero-order chi connectivity index (χ0) is 27.0. The van der Waals surface area contributed by atoms with Crippen molar-refractivity contribution >= 4 is 16.0 Å². The van der Waals surface area contributed by atoms with Crippen LogP contribution in [0.5, 0.6) is 0 Å². The summed E-state index contributed by atoms with van der Waals surface area (Å²) in [6.45, 7) is 4.91. The number of sulfonamides is 1. The van der Waals surface area contributed by atoms with Crippen LogP contribution in [0, 0.1) is 11.8 Å². The first-order chi connectivity index (χ1) is 18.2. The Morgan fingerprint density at radius 3 is 2.63 bits per heavy atom. The molecule has 38 heavy (non-hydrogen) atoms. The number of nitrogens with one attached hydrogen (secondary N) is 1. The first-order valence-corrected chi connectivity index (χ1v) is 14.4. The molecule has 202 valence electrons. The Bertz CT molecular complexity index is 1500. The number of esters is 1. The highest BCUT2D eigenvalue weighted by Crippen LogP contribution is 2.33. The van der Waals surface area contributed by atoms with E-state index in [1.165, 1.54) is 23.5 Å². The van der Waals surface area contributed by atoms with Crippen molar-refractivity contribution in [1.82, 2.24) is 19.4 Å². The van der Waals surface area contributed by atoms with Gasteiger partial charge in [0, 0.05) is 24.7 Å². The summed E-state index contributed by atoms with van der Waals surface area (Å²) < 4.78 is 38.3. The lowest BCUT2D eigenvalue weighted by Gasteiger charge is -2.30. The van der Waals surface area contributed by atoms with Crippen LogP contribution in [0.25, 0.3) is 11.4 Å². The molecule has 1 atom stereocenters. The number of hydrogen-bond donors (Lipinski definition) is 1. The predicted molar refractivity (Wildman–Crippen MR) is 139 cm³/mol. The van der Waals surface area contributed by atoms with Gasteiger partial charge in [-0.15, -0.1) is 0 Å². The molecule has 1 aliphatic heterocycles. The number of benzene rings is 1. The maximum atomic E-state index is 13.3. The van der Waals surface area contributed by atoms with E-state index in [0.29, 0.717) is 36.1 Å². The van der Waals surface area contributed by atoms with Gasteiger partial charge in [0.15, 0.2) is 0 Å². The number of fused-ring (bicyclic) bond motifs is 1. The van der Waals surface area contributed by atoms with Gasteiger partial charge in [0.05, 0.1) is 23.1 Å². The van der Waals surface area contributed by atoms with Crippen LogP contribution in [0.3, 0.4) is 0 Å². The van der Waals surface area contributed by atoms with Crippen LogP contribution in [0.4, 0.5) is 0 Å². The van der Waals surface area contributed by atoms with Gasteiger partial charge >= 0.3 is 5.97 Å². The highest BCUT2D eigenvalue weighted by Gasteiger charge is 2.34. The van der Waals surface area contributed by atoms with Gasteiger partial charge in [0.2, 0.25) is 21.7 Å². The van der Waals surface area contributed by atoms with Gasteiger partial charge in [-0.05, 0) is 67.7 Å². The third-order valence-corrected chi connectivity index (χ3v) is 9.76. The molecule has 11 heteroatoms. The summed E-state index contributed by atoms with van der Waals surface area (Å²) in [6, 6.07) is 7.93. The minimum Gasteiger partial charge on any atom is -0.465 e. The number of rotatable bonds is 6. The highest BCUT2D eigenvalue weighted by atomic mass is 32.2. The van der Waals surface area contributed by atoms with Crippen molar-refractivity contribution in [2.45, 2.75) is 56.8 Å². The zero-order valence-corrected chi connectivity index (χ0v) is 22.6. The Balaban J connectivity index is 1.31. The Kier molecular flexibility index (Phi) is 7.23. The molecule has 0 radical (unpaired) electrons. The van der Waals surface area contributed by atoms with Gasteiger partial charge in [-0.2, -0.15) is 9.29 Å². The van der Waals surface area contributed by atoms with E-state index in [1.54, 1.807) is 12.1 Å². The second-order valence-electron chi connectivity index (χ2n) is 10.4. The van der Waals surface area contributed by atoms with Crippen LogP contribution in [-0.2, 0) is 27.6 Å². The number of aromatic nitrogens is 3. The SMILES string of the molecule is COC(=O)c1ccccc1S(=O)(=O)N1CCC(c2nc(-c3cc4c([nH]c3=O)CCC(C(C)C)C4)no2)CC1. The molecule has 3 aromatic rings. The zero-order valence-electron chi connectivity index (χ0n) is 21.8. The summed E-state index contributed by atoms with van der Waals surface area (Å²) >= 11 is 0. The molecular formula is C27H32N4O6S. The molecule has 0 bridgehead atoms. The van der Waals surface area contributed by atoms with Crippen LogP contribution >= 0.6 is 0 Å². The summed E-state index contributed by atoms with van der Waals surface area (Å²) in [4.78, 5) is 32.4. The molecule has 0 saturated carbocycles. The molecule has 2 aromatic heterocycles. The summed E-state index contributed by atoms with van der Waals surface area (Å²) in [5, 5.41) is 4.09. The van der Waals surface area contributed by atoms with Crippen molar-refractivity contribution in [3.63, 3.8) is 0 Å². The Hall–Kier alpha value is -3.31. The second kappa shape index (κ2) is 10.5. The van der Waals surface area contributed by atoms with Crippen LogP contribution in [0.1, 0.15) is 66.5 Å². The molecule has 1 saturated heterocycles. The van der Waals surface area contributed by atoms with E-state index in [0.717, 1.165) is 30.5 Å². The number of aryl methyl sites for hydroxylation is 1. The fourth-order valence-electron chi connectivity index (χ4n) is 5.43. The van der Waals surface area contributed by atoms with Gasteiger partial charge < -0.3 is 14.2 Å². The minimum atomic E-state index is -3.90. The molecule has 2 aliphatic rings. The standard InChI is InChI=1S/C27H32N4O6S/c1-16(2)18-8-9-22-19(14-18)15-21(25(32)28-22)24-29-26(37-30-24)17-10-12-31(13-11-17)38(34,35)23-7-5-4-6-20(23)27(33)36-3/h4-7,15-18H,8-14H2,1-3H3,(H,28,32). The van der Waals surface area contributed by atoms with Gasteiger partial charge in [0.25, 0.3) is 5.56 Å². The molecule has 0 amide bonds. The van der Waals surface area contributed by atoms with Crippen LogP contribution in [0.2, 0.25) is 0 Å². The minimum absolute atomic E-state index is 0.00801. The third kappa shape index (κ3) is 4.92. The van der Waals surface area contributed by atoms with Gasteiger partial charge in [-0.25, -0.2) is 13.2 Å². The maximum Gasteiger partial charge on any atom is 0.339 e. The lowest BCUT2D eigenvalue weighted by Crippen LogP contribution is -2.38. The number of H-pyrrole nitrogens is 1. The number of ether oxygens (including phenoxy) is 1. The first kappa shape index (κ1) is 26.3. The van der Waals surface area contributed by atoms with E-state index >= 15 is 0 Å². The fourth-order valence-corrected chi connectivity index (χ4v) is 7.08. The molecule has 3 heterocycles. The quantitative estimate of drug-likeness (QED) is 0.469. The largest absolute Gasteiger partial charge is 0.465 e. The summed E-state index contributed by atoms with van der Waals surface area (Å²) in [7, 11) is -2.68. The van der Waals surface area contributed by atoms with Crippen molar-refractivity contribution in [2.24, 2.45) is 11.8 Å². The maximum absolute atomic E-state index is 13.3. The monoisotopic (exact) mass is 540 g/mol. The summed E-state index contributed by atoms with van der Waals surface area (Å²) in [6.07, 6.45) is 3.77. The molecule has 1 aromatic carbocycles. The molecule has 10 nitrogen and oxygen atoms in total. The van der Waals surface area contributed by atoms with E-state index in [1.807, 2.05) is 6.07 Å². The van der Waals surface area contributed by atoms with Crippen molar-refractivity contribution < 1.29 is 22.5 Å². The van der Waals surface area contributed by atoms with Crippen molar-refractivity contribution in [2.75, 3.05) is 20.2 Å². The molecule has 1 N–H and O–H groups in total. The van der Waals surface area contributed by atoms with Crippen LogP contribution in [0.15, 0.2) is 44.5 Å². The molecule has 1 aliphatic carbocycles. The molecular weight excluding hydrogens is 508 g/mol. The number of aromatic amines is 1. The first-order valence-electron chi connectivity index (χ1n) is 13.0. The number of nitrogens with zero attached hydrogens (tertiary/aromatic N) is 3. The molecule has 5 rings (SSSR count). The van der Waals surface area contributed by atoms with Crippen LogP contribution < -0.4 is 5.56 Å². The Morgan fingerprint density at radius 1 is 1.18 bits per heavy atom. The summed E-state index contributed by atoms with van der Waals surface area (Å²) in [5.74, 6) is 0.943. The second-order valence-corrected chi connectivity index (χ2v) is 12.3. The van der Waals surface area contributed by atoms with Gasteiger partial charge in [-0.1, -0.05) is 31.1 Å². The number of carbonyl (C=O) groups excluding carboxylic acids is 1. The van der Waals surface area contributed by atoms with E-state index < -0.39 is 16.0 Å². The smallest absolute Gasteiger partial charge is 0.339 e. The molecule has 0 spiro atoms. The molecule has 1 unspecified atom stereocenters.